The molecular weight excluding hydrogens is 228 g/mol. The molecule has 5 heteroatoms. The van der Waals surface area contributed by atoms with Crippen molar-refractivity contribution in [1.82, 2.24) is 10.6 Å². The molecule has 0 bridgehead atoms. The van der Waals surface area contributed by atoms with E-state index in [9.17, 15) is 4.79 Å². The number of benzene rings is 1. The van der Waals surface area contributed by atoms with Crippen LogP contribution in [0.25, 0.3) is 0 Å². The summed E-state index contributed by atoms with van der Waals surface area (Å²) in [7, 11) is 0. The average molecular weight is 248 g/mol. The molecule has 0 aliphatic carbocycles. The molecule has 18 heavy (non-hydrogen) atoms. The van der Waals surface area contributed by atoms with Crippen LogP contribution < -0.4 is 16.4 Å². The molecule has 0 aliphatic rings. The van der Waals surface area contributed by atoms with Gasteiger partial charge >= 0.3 is 6.03 Å². The molecule has 98 valence electrons. The lowest BCUT2D eigenvalue weighted by atomic mass is 10.1. The SMILES string of the molecule is CC(C)(C)NC(=O)NCc1ccc(C(=N)N)cc1. The van der Waals surface area contributed by atoms with Crippen molar-refractivity contribution >= 4 is 11.9 Å². The zero-order chi connectivity index (χ0) is 13.8. The highest BCUT2D eigenvalue weighted by Crippen LogP contribution is 2.04. The Morgan fingerprint density at radius 1 is 1.28 bits per heavy atom. The van der Waals surface area contributed by atoms with E-state index in [-0.39, 0.29) is 17.4 Å². The average Bonchev–Trinajstić information content (AvgIpc) is 2.24. The van der Waals surface area contributed by atoms with Gasteiger partial charge in [-0.3, -0.25) is 5.41 Å². The minimum Gasteiger partial charge on any atom is -0.384 e. The van der Waals surface area contributed by atoms with Gasteiger partial charge in [0.05, 0.1) is 0 Å². The van der Waals surface area contributed by atoms with Gasteiger partial charge in [0.25, 0.3) is 0 Å². The Labute approximate surface area is 107 Å². The molecule has 1 rings (SSSR count). The van der Waals surface area contributed by atoms with E-state index < -0.39 is 0 Å². The van der Waals surface area contributed by atoms with E-state index in [1.807, 2.05) is 32.9 Å². The molecule has 0 fully saturated rings. The molecule has 1 aromatic carbocycles. The second-order valence-corrected chi connectivity index (χ2v) is 5.17. The quantitative estimate of drug-likeness (QED) is 0.483. The van der Waals surface area contributed by atoms with Gasteiger partial charge in [-0.15, -0.1) is 0 Å². The van der Waals surface area contributed by atoms with Crippen molar-refractivity contribution in [1.29, 1.82) is 5.41 Å². The van der Waals surface area contributed by atoms with Gasteiger partial charge in [0, 0.05) is 17.6 Å². The number of carbonyl (C=O) groups excluding carboxylic acids is 1. The number of nitrogens with one attached hydrogen (secondary N) is 3. The van der Waals surface area contributed by atoms with Gasteiger partial charge in [0.1, 0.15) is 5.84 Å². The molecule has 0 atom stereocenters. The first-order chi connectivity index (χ1) is 8.28. The van der Waals surface area contributed by atoms with E-state index in [0.29, 0.717) is 12.1 Å². The van der Waals surface area contributed by atoms with Gasteiger partial charge in [-0.05, 0) is 26.3 Å². The summed E-state index contributed by atoms with van der Waals surface area (Å²) in [5.41, 5.74) is 6.75. The maximum Gasteiger partial charge on any atom is 0.315 e. The van der Waals surface area contributed by atoms with Crippen LogP contribution in [0.15, 0.2) is 24.3 Å². The third kappa shape index (κ3) is 4.86. The number of urea groups is 1. The predicted molar refractivity (Wildman–Crippen MR) is 72.6 cm³/mol. The lowest BCUT2D eigenvalue weighted by molar-refractivity contribution is 0.231. The van der Waals surface area contributed by atoms with E-state index in [1.54, 1.807) is 12.1 Å². The van der Waals surface area contributed by atoms with Crippen LogP contribution in [0.4, 0.5) is 4.79 Å². The molecular formula is C13H20N4O. The Kier molecular flexibility index (Phi) is 4.31. The summed E-state index contributed by atoms with van der Waals surface area (Å²) in [4.78, 5) is 11.5. The molecule has 5 nitrogen and oxygen atoms in total. The van der Waals surface area contributed by atoms with Gasteiger partial charge in [0.15, 0.2) is 0 Å². The standard InChI is InChI=1S/C13H20N4O/c1-13(2,3)17-12(18)16-8-9-4-6-10(7-5-9)11(14)15/h4-7H,8H2,1-3H3,(H3,14,15)(H2,16,17,18). The number of nitrogen functional groups attached to an aromatic ring is 1. The first-order valence-corrected chi connectivity index (χ1v) is 5.77. The number of nitrogens with two attached hydrogens (primary N) is 1. The Bertz CT molecular complexity index is 431. The molecule has 0 radical (unpaired) electrons. The first-order valence-electron chi connectivity index (χ1n) is 5.77. The second kappa shape index (κ2) is 5.53. The topological polar surface area (TPSA) is 91.0 Å². The fraction of sp³-hybridized carbons (Fsp3) is 0.385. The minimum atomic E-state index is -0.247. The van der Waals surface area contributed by atoms with Crippen LogP contribution >= 0.6 is 0 Å². The summed E-state index contributed by atoms with van der Waals surface area (Å²) in [6, 6.07) is 7.02. The van der Waals surface area contributed by atoms with Crippen molar-refractivity contribution < 1.29 is 4.79 Å². The number of hydrogen-bond donors (Lipinski definition) is 4. The molecule has 2 amide bonds. The summed E-state index contributed by atoms with van der Waals surface area (Å²) in [6.07, 6.45) is 0. The van der Waals surface area contributed by atoms with Crippen molar-refractivity contribution in [3.8, 4) is 0 Å². The van der Waals surface area contributed by atoms with E-state index >= 15 is 0 Å². The van der Waals surface area contributed by atoms with Crippen LogP contribution in [0.1, 0.15) is 31.9 Å². The molecule has 1 aromatic rings. The highest BCUT2D eigenvalue weighted by atomic mass is 16.2. The van der Waals surface area contributed by atoms with Crippen molar-refractivity contribution in [2.75, 3.05) is 0 Å². The number of amidine groups is 1. The summed E-state index contributed by atoms with van der Waals surface area (Å²) in [5, 5.41) is 12.9. The molecule has 0 heterocycles. The maximum atomic E-state index is 11.5. The number of rotatable bonds is 3. The van der Waals surface area contributed by atoms with Crippen molar-refractivity contribution in [2.45, 2.75) is 32.9 Å². The molecule has 0 saturated heterocycles. The molecule has 0 spiro atoms. The van der Waals surface area contributed by atoms with E-state index in [0.717, 1.165) is 5.56 Å². The zero-order valence-corrected chi connectivity index (χ0v) is 11.0. The Balaban J connectivity index is 2.49. The largest absolute Gasteiger partial charge is 0.384 e. The molecule has 0 aliphatic heterocycles. The van der Waals surface area contributed by atoms with Gasteiger partial charge in [-0.1, -0.05) is 24.3 Å². The van der Waals surface area contributed by atoms with Crippen molar-refractivity contribution in [3.05, 3.63) is 35.4 Å². The second-order valence-electron chi connectivity index (χ2n) is 5.17. The molecule has 0 unspecified atom stereocenters. The fourth-order valence-corrected chi connectivity index (χ4v) is 1.37. The van der Waals surface area contributed by atoms with Crippen LogP contribution in [0.2, 0.25) is 0 Å². The molecule has 0 saturated carbocycles. The van der Waals surface area contributed by atoms with E-state index in [4.69, 9.17) is 11.1 Å². The highest BCUT2D eigenvalue weighted by Gasteiger charge is 2.12. The summed E-state index contributed by atoms with van der Waals surface area (Å²) < 4.78 is 0. The highest BCUT2D eigenvalue weighted by molar-refractivity contribution is 5.94. The smallest absolute Gasteiger partial charge is 0.315 e. The maximum absolute atomic E-state index is 11.5. The van der Waals surface area contributed by atoms with Crippen LogP contribution in [-0.2, 0) is 6.54 Å². The van der Waals surface area contributed by atoms with Crippen LogP contribution in [-0.4, -0.2) is 17.4 Å². The van der Waals surface area contributed by atoms with Gasteiger partial charge in [-0.2, -0.15) is 0 Å². The normalized spacial score (nSPS) is 10.8. The number of carbonyl (C=O) groups is 1. The zero-order valence-electron chi connectivity index (χ0n) is 11.0. The third-order valence-electron chi connectivity index (χ3n) is 2.21. The monoisotopic (exact) mass is 248 g/mol. The Morgan fingerprint density at radius 3 is 2.28 bits per heavy atom. The lowest BCUT2D eigenvalue weighted by Crippen LogP contribution is -2.46. The summed E-state index contributed by atoms with van der Waals surface area (Å²) >= 11 is 0. The number of hydrogen-bond acceptors (Lipinski definition) is 2. The fourth-order valence-electron chi connectivity index (χ4n) is 1.37. The minimum absolute atomic E-state index is 0.0417. The van der Waals surface area contributed by atoms with Crippen molar-refractivity contribution in [3.63, 3.8) is 0 Å². The summed E-state index contributed by atoms with van der Waals surface area (Å²) in [6.45, 7) is 6.22. The number of amides is 2. The van der Waals surface area contributed by atoms with Crippen molar-refractivity contribution in [2.24, 2.45) is 5.73 Å². The van der Waals surface area contributed by atoms with Crippen LogP contribution in [0.5, 0.6) is 0 Å². The molecule has 5 N–H and O–H groups in total. The molecule has 0 aromatic heterocycles. The first kappa shape index (κ1) is 14.0. The van der Waals surface area contributed by atoms with Gasteiger partial charge < -0.3 is 16.4 Å². The lowest BCUT2D eigenvalue weighted by Gasteiger charge is -2.20. The Morgan fingerprint density at radius 2 is 1.83 bits per heavy atom. The van der Waals surface area contributed by atoms with Crippen LogP contribution in [0, 0.1) is 5.41 Å². The summed E-state index contributed by atoms with van der Waals surface area (Å²) in [5.74, 6) is 0.0417. The van der Waals surface area contributed by atoms with E-state index in [2.05, 4.69) is 10.6 Å². The van der Waals surface area contributed by atoms with Crippen LogP contribution in [0.3, 0.4) is 0 Å². The van der Waals surface area contributed by atoms with E-state index in [1.165, 1.54) is 0 Å². The third-order valence-corrected chi connectivity index (χ3v) is 2.21. The van der Waals surface area contributed by atoms with Gasteiger partial charge in [0.2, 0.25) is 0 Å². The Hall–Kier alpha value is -2.04. The predicted octanol–water partition coefficient (Wildman–Crippen LogP) is 1.57. The van der Waals surface area contributed by atoms with Gasteiger partial charge in [-0.25, -0.2) is 4.79 Å².